The molecule has 0 saturated heterocycles. The van der Waals surface area contributed by atoms with E-state index in [1.807, 2.05) is 0 Å². The molecular formula is C24H24N2. The van der Waals surface area contributed by atoms with Gasteiger partial charge in [0.15, 0.2) is 0 Å². The van der Waals surface area contributed by atoms with Crippen molar-refractivity contribution in [1.29, 1.82) is 0 Å². The minimum Gasteiger partial charge on any atom is -0.360 e. The van der Waals surface area contributed by atoms with Crippen molar-refractivity contribution in [3.05, 3.63) is 76.7 Å². The summed E-state index contributed by atoms with van der Waals surface area (Å²) in [5.74, 6) is 0. The average Bonchev–Trinajstić information content (AvgIpc) is 3.22. The van der Waals surface area contributed by atoms with Crippen LogP contribution in [0.3, 0.4) is 0 Å². The van der Waals surface area contributed by atoms with E-state index in [1.165, 1.54) is 59.8 Å². The minimum absolute atomic E-state index is 0.496. The number of aromatic amines is 1. The van der Waals surface area contributed by atoms with Gasteiger partial charge < -0.3 is 9.88 Å². The Balaban J connectivity index is 1.52. The van der Waals surface area contributed by atoms with Crippen LogP contribution in [0.1, 0.15) is 43.4 Å². The van der Waals surface area contributed by atoms with Crippen LogP contribution in [0.25, 0.3) is 17.0 Å². The molecule has 1 N–H and O–H groups in total. The second-order valence-corrected chi connectivity index (χ2v) is 8.02. The smallest absolute Gasteiger partial charge is 0.0607 e. The molecule has 26 heavy (non-hydrogen) atoms. The molecular weight excluding hydrogens is 316 g/mol. The Bertz CT molecular complexity index is 1010. The molecule has 2 atom stereocenters. The van der Waals surface area contributed by atoms with Crippen LogP contribution in [0.5, 0.6) is 0 Å². The van der Waals surface area contributed by atoms with E-state index in [-0.39, 0.29) is 0 Å². The number of nitrogens with one attached hydrogen (secondary N) is 1. The van der Waals surface area contributed by atoms with Gasteiger partial charge in [0.2, 0.25) is 0 Å². The van der Waals surface area contributed by atoms with Gasteiger partial charge in [-0.1, -0.05) is 42.5 Å². The fourth-order valence-electron chi connectivity index (χ4n) is 5.43. The molecule has 3 aliphatic carbocycles. The van der Waals surface area contributed by atoms with Gasteiger partial charge in [-0.05, 0) is 55.4 Å². The molecule has 2 nitrogen and oxygen atoms in total. The van der Waals surface area contributed by atoms with E-state index in [2.05, 4.69) is 64.5 Å². The van der Waals surface area contributed by atoms with Gasteiger partial charge in [0, 0.05) is 40.3 Å². The van der Waals surface area contributed by atoms with E-state index in [9.17, 15) is 0 Å². The van der Waals surface area contributed by atoms with E-state index < -0.39 is 0 Å². The molecule has 130 valence electrons. The monoisotopic (exact) mass is 340 g/mol. The lowest BCUT2D eigenvalue weighted by Gasteiger charge is -2.38. The Morgan fingerprint density at radius 1 is 1.08 bits per heavy atom. The first-order valence-electron chi connectivity index (χ1n) is 10.1. The van der Waals surface area contributed by atoms with Crippen molar-refractivity contribution in [2.75, 3.05) is 0 Å². The first kappa shape index (κ1) is 14.7. The van der Waals surface area contributed by atoms with Crippen molar-refractivity contribution in [2.45, 2.75) is 50.6 Å². The van der Waals surface area contributed by atoms with E-state index in [4.69, 9.17) is 0 Å². The molecule has 1 aliphatic heterocycles. The van der Waals surface area contributed by atoms with E-state index in [1.54, 1.807) is 11.3 Å². The Morgan fingerprint density at radius 2 is 2.04 bits per heavy atom. The molecule has 4 aliphatic rings. The number of hydrogen-bond acceptors (Lipinski definition) is 1. The number of hydrogen-bond donors (Lipinski definition) is 1. The van der Waals surface area contributed by atoms with Crippen molar-refractivity contribution in [2.24, 2.45) is 0 Å². The summed E-state index contributed by atoms with van der Waals surface area (Å²) in [6.07, 6.45) is 19.4. The molecule has 0 saturated carbocycles. The largest absolute Gasteiger partial charge is 0.360 e. The summed E-state index contributed by atoms with van der Waals surface area (Å²) in [6, 6.07) is 9.81. The van der Waals surface area contributed by atoms with E-state index in [0.29, 0.717) is 12.1 Å². The van der Waals surface area contributed by atoms with Gasteiger partial charge in [0.25, 0.3) is 0 Å². The molecule has 1 aromatic carbocycles. The van der Waals surface area contributed by atoms with Crippen LogP contribution in [0.15, 0.2) is 65.4 Å². The van der Waals surface area contributed by atoms with Crippen molar-refractivity contribution in [1.82, 2.24) is 9.88 Å². The second kappa shape index (κ2) is 5.51. The summed E-state index contributed by atoms with van der Waals surface area (Å²) < 4.78 is 0. The Labute approximate surface area is 154 Å². The molecule has 1 aromatic heterocycles. The Hall–Kier alpha value is -2.48. The van der Waals surface area contributed by atoms with Crippen molar-refractivity contribution >= 4 is 17.0 Å². The fourth-order valence-corrected chi connectivity index (χ4v) is 5.43. The van der Waals surface area contributed by atoms with Crippen LogP contribution in [0.4, 0.5) is 0 Å². The van der Waals surface area contributed by atoms with Gasteiger partial charge in [0.05, 0.1) is 6.04 Å². The molecule has 0 bridgehead atoms. The first-order chi connectivity index (χ1) is 12.9. The lowest BCUT2D eigenvalue weighted by atomic mass is 9.87. The fraction of sp³-hybridized carbons (Fsp3) is 0.333. The number of para-hydroxylation sites is 1. The Kier molecular flexibility index (Phi) is 3.11. The SMILES string of the molecule is C1=CC(N2C3=C(C=CCC3)C3=Cc4c([nH]c5ccccc45)CC32)CCC1. The number of rotatable bonds is 1. The van der Waals surface area contributed by atoms with E-state index in [0.717, 1.165) is 6.42 Å². The maximum Gasteiger partial charge on any atom is 0.0607 e. The number of benzene rings is 1. The lowest BCUT2D eigenvalue weighted by Crippen LogP contribution is -2.41. The normalized spacial score (nSPS) is 26.8. The van der Waals surface area contributed by atoms with Crippen LogP contribution in [0.2, 0.25) is 0 Å². The minimum atomic E-state index is 0.496. The topological polar surface area (TPSA) is 19.0 Å². The molecule has 0 fully saturated rings. The second-order valence-electron chi connectivity index (χ2n) is 8.02. The summed E-state index contributed by atoms with van der Waals surface area (Å²) in [7, 11) is 0. The number of fused-ring (bicyclic) bond motifs is 5. The maximum atomic E-state index is 3.71. The molecule has 6 rings (SSSR count). The van der Waals surface area contributed by atoms with Gasteiger partial charge in [0.1, 0.15) is 0 Å². The summed E-state index contributed by atoms with van der Waals surface area (Å²) in [4.78, 5) is 6.48. The quantitative estimate of drug-likeness (QED) is 0.679. The van der Waals surface area contributed by atoms with Crippen LogP contribution in [-0.4, -0.2) is 22.0 Å². The number of nitrogens with zero attached hydrogens (tertiary/aromatic N) is 1. The molecule has 0 spiro atoms. The standard InChI is InChI=1S/C24H24N2/c1-2-8-16(9-3-1)26-23-13-7-5-11-18(23)20-14-19-17-10-4-6-12-21(17)25-22(19)15-24(20)26/h2,4-6,8,10-12,14,16,24-25H,1,3,7,9,13,15H2. The molecule has 0 amide bonds. The van der Waals surface area contributed by atoms with Gasteiger partial charge in [-0.2, -0.15) is 0 Å². The molecule has 2 aromatic rings. The average molecular weight is 340 g/mol. The molecule has 2 unspecified atom stereocenters. The lowest BCUT2D eigenvalue weighted by molar-refractivity contribution is 0.229. The van der Waals surface area contributed by atoms with Gasteiger partial charge in [-0.15, -0.1) is 0 Å². The van der Waals surface area contributed by atoms with Gasteiger partial charge in [-0.25, -0.2) is 0 Å². The third kappa shape index (κ3) is 1.99. The highest BCUT2D eigenvalue weighted by Crippen LogP contribution is 2.47. The highest BCUT2D eigenvalue weighted by Gasteiger charge is 2.41. The third-order valence-corrected chi connectivity index (χ3v) is 6.57. The predicted octanol–water partition coefficient (Wildman–Crippen LogP) is 5.50. The van der Waals surface area contributed by atoms with Crippen LogP contribution in [0, 0.1) is 0 Å². The first-order valence-corrected chi connectivity index (χ1v) is 10.1. The third-order valence-electron chi connectivity index (χ3n) is 6.57. The zero-order valence-electron chi connectivity index (χ0n) is 15.0. The van der Waals surface area contributed by atoms with Crippen LogP contribution < -0.4 is 0 Å². The summed E-state index contributed by atoms with van der Waals surface area (Å²) >= 11 is 0. The summed E-state index contributed by atoms with van der Waals surface area (Å²) in [5.41, 5.74) is 8.75. The maximum absolute atomic E-state index is 3.71. The molecule has 0 radical (unpaired) electrons. The highest BCUT2D eigenvalue weighted by atomic mass is 15.2. The molecule has 2 heteroatoms. The van der Waals surface area contributed by atoms with Crippen molar-refractivity contribution in [3.63, 3.8) is 0 Å². The Morgan fingerprint density at radius 3 is 2.96 bits per heavy atom. The summed E-state index contributed by atoms with van der Waals surface area (Å²) in [5, 5.41) is 1.37. The highest BCUT2D eigenvalue weighted by molar-refractivity contribution is 5.93. The van der Waals surface area contributed by atoms with Gasteiger partial charge >= 0.3 is 0 Å². The van der Waals surface area contributed by atoms with Crippen molar-refractivity contribution < 1.29 is 0 Å². The van der Waals surface area contributed by atoms with Crippen molar-refractivity contribution in [3.8, 4) is 0 Å². The zero-order valence-corrected chi connectivity index (χ0v) is 15.0. The van der Waals surface area contributed by atoms with Crippen LogP contribution in [-0.2, 0) is 6.42 Å². The zero-order chi connectivity index (χ0) is 17.1. The number of allylic oxidation sites excluding steroid dienone is 4. The number of H-pyrrole nitrogens is 1. The molecule has 2 heterocycles. The predicted molar refractivity (Wildman–Crippen MR) is 108 cm³/mol. The summed E-state index contributed by atoms with van der Waals surface area (Å²) in [6.45, 7) is 0. The number of aromatic nitrogens is 1. The van der Waals surface area contributed by atoms with E-state index >= 15 is 0 Å². The van der Waals surface area contributed by atoms with Crippen LogP contribution >= 0.6 is 0 Å². The van der Waals surface area contributed by atoms with Gasteiger partial charge in [-0.3, -0.25) is 0 Å².